The van der Waals surface area contributed by atoms with Gasteiger partial charge in [-0.15, -0.1) is 21.9 Å². The topological polar surface area (TPSA) is 33.8 Å². The number of aromatic nitrogens is 2. The van der Waals surface area contributed by atoms with Crippen LogP contribution in [0, 0.1) is 116 Å². The van der Waals surface area contributed by atoms with Crippen LogP contribution in [0.5, 0.6) is 0 Å². The summed E-state index contributed by atoms with van der Waals surface area (Å²) < 4.78 is 297. The number of Topliss-reactive ketones (excluding diaryl/α,β-unsaturated/α-hetero) is 1. The van der Waals surface area contributed by atoms with Gasteiger partial charge in [-0.25, -0.2) is 87.8 Å². The minimum absolute atomic E-state index is 0.0789. The SMILES string of the molecule is Fc1c(F)c(F)c([B-](c2c(F)c(F)c(F)c(F)c2F)(c2c(F)c(F)c(F)c(F)c2F)c2c(F)c(F)c(F)c(F)c2F)c(F)c1F.O=C(C[n+]1ccncc1-c1ccc(Br)cc1)c1ccccc1. The summed E-state index contributed by atoms with van der Waals surface area (Å²) in [5.41, 5.74) is -11.7. The van der Waals surface area contributed by atoms with Crippen LogP contribution < -0.4 is 26.4 Å². The third kappa shape index (κ3) is 8.15. The molecule has 1 heterocycles. The lowest BCUT2D eigenvalue weighted by Crippen LogP contribution is -2.81. The van der Waals surface area contributed by atoms with E-state index in [0.29, 0.717) is 5.56 Å². The smallest absolute Gasteiger partial charge is 0.231 e. The quantitative estimate of drug-likeness (QED) is 0.0380. The van der Waals surface area contributed by atoms with Gasteiger partial charge in [0.05, 0.1) is 12.4 Å². The maximum Gasteiger partial charge on any atom is 0.231 e. The van der Waals surface area contributed by atoms with Crippen molar-refractivity contribution < 1.29 is 97.2 Å². The van der Waals surface area contributed by atoms with Gasteiger partial charge in [-0.05, 0) is 24.3 Å². The van der Waals surface area contributed by atoms with Crippen molar-refractivity contribution >= 4 is 49.7 Å². The van der Waals surface area contributed by atoms with Gasteiger partial charge in [-0.1, -0.05) is 46.3 Å². The molecule has 6 aromatic carbocycles. The van der Waals surface area contributed by atoms with E-state index >= 15 is 35.1 Å². The zero-order valence-electron chi connectivity index (χ0n) is 32.0. The summed E-state index contributed by atoms with van der Waals surface area (Å²) in [6, 6.07) is 17.3. The van der Waals surface area contributed by atoms with Gasteiger partial charge in [-0.2, -0.15) is 4.57 Å². The van der Waals surface area contributed by atoms with Crippen molar-refractivity contribution in [2.75, 3.05) is 0 Å². The molecule has 0 saturated heterocycles. The predicted octanol–water partition coefficient (Wildman–Crippen LogP) is 9.53. The molecule has 0 unspecified atom stereocenters. The number of halogens is 21. The third-order valence-corrected chi connectivity index (χ3v) is 10.6. The molecule has 7 rings (SSSR count). The Morgan fingerprint density at radius 3 is 1.04 bits per heavy atom. The molecule has 0 atom stereocenters. The molecule has 0 spiro atoms. The maximum absolute atomic E-state index is 15.4. The van der Waals surface area contributed by atoms with Crippen LogP contribution in [-0.4, -0.2) is 16.9 Å². The molecule has 7 aromatic rings. The number of nitrogens with zero attached hydrogens (tertiary/aromatic N) is 2. The van der Waals surface area contributed by atoms with E-state index in [1.54, 1.807) is 12.4 Å². The van der Waals surface area contributed by atoms with Gasteiger partial charge < -0.3 is 0 Å². The Hall–Kier alpha value is -6.79. The normalized spacial score (nSPS) is 11.5. The zero-order chi connectivity index (χ0) is 49.7. The van der Waals surface area contributed by atoms with Crippen LogP contribution in [-0.2, 0) is 6.54 Å². The van der Waals surface area contributed by atoms with Crippen molar-refractivity contribution in [3.05, 3.63) is 200 Å². The van der Waals surface area contributed by atoms with Crippen molar-refractivity contribution in [1.82, 2.24) is 4.98 Å². The van der Waals surface area contributed by atoms with E-state index in [-0.39, 0.29) is 12.3 Å². The molecule has 0 bridgehead atoms. The first-order valence-electron chi connectivity index (χ1n) is 17.8. The van der Waals surface area contributed by atoms with E-state index in [1.165, 1.54) is 0 Å². The monoisotopic (exact) mass is 1030 g/mol. The number of hydrogen-bond donors (Lipinski definition) is 0. The van der Waals surface area contributed by atoms with Crippen LogP contribution in [0.2, 0.25) is 0 Å². The van der Waals surface area contributed by atoms with Gasteiger partial charge in [-0.3, -0.25) is 9.78 Å². The van der Waals surface area contributed by atoms with Crippen LogP contribution in [0.15, 0.2) is 77.7 Å². The Kier molecular flexibility index (Phi) is 14.0. The van der Waals surface area contributed by atoms with Gasteiger partial charge in [0.1, 0.15) is 52.7 Å². The summed E-state index contributed by atoms with van der Waals surface area (Å²) in [6.45, 7) is 0.290. The number of hydrogen-bond acceptors (Lipinski definition) is 2. The number of carbonyl (C=O) groups excluding carboxylic acids is 1. The highest BCUT2D eigenvalue weighted by Gasteiger charge is 2.52. The fourth-order valence-electron chi connectivity index (χ4n) is 7.13. The maximum atomic E-state index is 15.4. The Labute approximate surface area is 368 Å². The highest BCUT2D eigenvalue weighted by Crippen LogP contribution is 2.31. The van der Waals surface area contributed by atoms with Crippen molar-refractivity contribution in [2.24, 2.45) is 0 Å². The fourth-order valence-corrected chi connectivity index (χ4v) is 7.39. The summed E-state index contributed by atoms with van der Waals surface area (Å²) in [5, 5.41) is 0. The predicted molar refractivity (Wildman–Crippen MR) is 198 cm³/mol. The van der Waals surface area contributed by atoms with Crippen LogP contribution in [0.25, 0.3) is 11.3 Å². The molecule has 1 aromatic heterocycles. The van der Waals surface area contributed by atoms with Crippen LogP contribution in [0.3, 0.4) is 0 Å². The van der Waals surface area contributed by atoms with Crippen molar-refractivity contribution in [3.8, 4) is 11.3 Å². The highest BCUT2D eigenvalue weighted by atomic mass is 79.9. The Bertz CT molecular complexity index is 2760. The summed E-state index contributed by atoms with van der Waals surface area (Å²) in [5.74, 6) is -71.3. The van der Waals surface area contributed by atoms with Gasteiger partial charge in [0.2, 0.25) is 18.0 Å². The first-order chi connectivity index (χ1) is 31.4. The third-order valence-electron chi connectivity index (χ3n) is 10.1. The molecule has 0 aliphatic carbocycles. The molecule has 0 N–H and O–H groups in total. The van der Waals surface area contributed by atoms with Crippen molar-refractivity contribution in [1.29, 1.82) is 0 Å². The van der Waals surface area contributed by atoms with Gasteiger partial charge in [0.15, 0.2) is 76.0 Å². The number of ketones is 1. The average Bonchev–Trinajstić information content (AvgIpc) is 3.32. The molecular formula is C42H14BBrF20N2O. The van der Waals surface area contributed by atoms with Gasteiger partial charge in [0, 0.05) is 15.6 Å². The standard InChI is InChI=1S/C24BF20.C18H14BrN2O/c26-5-1(6(27)14(35)21(42)13(5)34)25(2-7(28)15(36)22(43)16(37)8(2)29,3-9(30)17(38)23(44)18(39)10(3)31)4-11(32)19(40)24(45)20(41)12(4)33;19-16-8-6-14(7-9-16)17-12-20-10-11-21(17)13-18(22)15-4-2-1-3-5-15/h;1-12H,13H2/q-1;+1. The fraction of sp³-hybridized carbons (Fsp3) is 0.0238. The first kappa shape index (κ1) is 49.6. The van der Waals surface area contributed by atoms with Gasteiger partial charge >= 0.3 is 0 Å². The zero-order valence-corrected chi connectivity index (χ0v) is 33.5. The number of rotatable bonds is 8. The lowest BCUT2D eigenvalue weighted by molar-refractivity contribution is -0.672. The molecule has 0 radical (unpaired) electrons. The largest absolute Gasteiger partial charge is 0.287 e. The molecule has 25 heteroatoms. The van der Waals surface area contributed by atoms with E-state index in [0.717, 1.165) is 15.7 Å². The first-order valence-corrected chi connectivity index (χ1v) is 18.6. The Morgan fingerprint density at radius 2 is 0.731 bits per heavy atom. The van der Waals surface area contributed by atoms with E-state index in [2.05, 4.69) is 20.9 Å². The van der Waals surface area contributed by atoms with E-state index in [4.69, 9.17) is 0 Å². The molecule has 3 nitrogen and oxygen atoms in total. The highest BCUT2D eigenvalue weighted by molar-refractivity contribution is 9.10. The summed E-state index contributed by atoms with van der Waals surface area (Å²) in [4.78, 5) is 16.6. The average molecular weight is 1030 g/mol. The van der Waals surface area contributed by atoms with E-state index in [9.17, 15) is 57.5 Å². The number of benzene rings is 6. The lowest BCUT2D eigenvalue weighted by atomic mass is 9.12. The molecular weight excluding hydrogens is 1020 g/mol. The molecule has 348 valence electrons. The van der Waals surface area contributed by atoms with Crippen molar-refractivity contribution in [2.45, 2.75) is 6.54 Å². The summed E-state index contributed by atoms with van der Waals surface area (Å²) in [7, 11) is 0. The Balaban J connectivity index is 0.000000279. The minimum atomic E-state index is -7.22. The lowest BCUT2D eigenvalue weighted by Gasteiger charge is -2.44. The molecule has 0 aliphatic heterocycles. The van der Waals surface area contributed by atoms with Crippen molar-refractivity contribution in [3.63, 3.8) is 0 Å². The second-order valence-corrected chi connectivity index (χ2v) is 14.6. The summed E-state index contributed by atoms with van der Waals surface area (Å²) >= 11 is 3.43. The summed E-state index contributed by atoms with van der Waals surface area (Å²) in [6.07, 6.45) is -1.91. The van der Waals surface area contributed by atoms with Crippen LogP contribution in [0.1, 0.15) is 10.4 Å². The molecule has 67 heavy (non-hydrogen) atoms. The minimum Gasteiger partial charge on any atom is -0.287 e. The molecule has 0 aliphatic rings. The van der Waals surface area contributed by atoms with E-state index in [1.807, 2.05) is 65.4 Å². The molecule has 0 amide bonds. The van der Waals surface area contributed by atoms with Crippen LogP contribution >= 0.6 is 15.9 Å². The Morgan fingerprint density at radius 1 is 0.433 bits per heavy atom. The van der Waals surface area contributed by atoms with Crippen LogP contribution in [0.4, 0.5) is 87.8 Å². The van der Waals surface area contributed by atoms with E-state index < -0.39 is 144 Å². The molecule has 0 saturated carbocycles. The molecule has 0 fully saturated rings. The van der Waals surface area contributed by atoms with Gasteiger partial charge in [0.25, 0.3) is 0 Å². The number of carbonyl (C=O) groups is 1. The second kappa shape index (κ2) is 18.8. The second-order valence-electron chi connectivity index (χ2n) is 13.7.